The van der Waals surface area contributed by atoms with Gasteiger partial charge in [0.25, 0.3) is 5.91 Å². The molecular formula is C13H8ClF3N2O. The molecule has 1 amide bonds. The van der Waals surface area contributed by atoms with E-state index in [2.05, 4.69) is 4.98 Å². The SMILES string of the molecule is Cc1cc(C(=O)Nc2c(F)cc(F)cc2F)cc(Cl)n1. The summed E-state index contributed by atoms with van der Waals surface area (Å²) in [5.74, 6) is -4.25. The third-order valence-corrected chi connectivity index (χ3v) is 2.62. The first-order chi connectivity index (χ1) is 9.36. The molecule has 7 heteroatoms. The first kappa shape index (κ1) is 14.3. The first-order valence-corrected chi connectivity index (χ1v) is 5.84. The van der Waals surface area contributed by atoms with Crippen LogP contribution in [0, 0.1) is 24.4 Å². The topological polar surface area (TPSA) is 42.0 Å². The Morgan fingerprint density at radius 3 is 2.30 bits per heavy atom. The smallest absolute Gasteiger partial charge is 0.255 e. The second-order valence-electron chi connectivity index (χ2n) is 4.02. The third-order valence-electron chi connectivity index (χ3n) is 2.43. The summed E-state index contributed by atoms with van der Waals surface area (Å²) in [4.78, 5) is 15.7. The predicted octanol–water partition coefficient (Wildman–Crippen LogP) is 3.71. The number of rotatable bonds is 2. The van der Waals surface area contributed by atoms with Crippen molar-refractivity contribution in [2.45, 2.75) is 6.92 Å². The molecule has 0 saturated heterocycles. The number of nitrogens with zero attached hydrogens (tertiary/aromatic N) is 1. The zero-order valence-corrected chi connectivity index (χ0v) is 10.9. The standard InChI is InChI=1S/C13H8ClF3N2O/c1-6-2-7(3-11(14)18-6)13(20)19-12-9(16)4-8(15)5-10(12)17/h2-5H,1H3,(H,19,20). The van der Waals surface area contributed by atoms with E-state index in [9.17, 15) is 18.0 Å². The van der Waals surface area contributed by atoms with Crippen molar-refractivity contribution in [2.75, 3.05) is 5.32 Å². The lowest BCUT2D eigenvalue weighted by Crippen LogP contribution is -2.15. The normalized spacial score (nSPS) is 10.4. The Morgan fingerprint density at radius 2 is 1.75 bits per heavy atom. The lowest BCUT2D eigenvalue weighted by Gasteiger charge is -2.08. The summed E-state index contributed by atoms with van der Waals surface area (Å²) in [6, 6.07) is 3.61. The van der Waals surface area contributed by atoms with Gasteiger partial charge in [0, 0.05) is 23.4 Å². The average Bonchev–Trinajstić information content (AvgIpc) is 2.32. The van der Waals surface area contributed by atoms with Gasteiger partial charge in [0.1, 0.15) is 16.7 Å². The highest BCUT2D eigenvalue weighted by molar-refractivity contribution is 6.29. The Morgan fingerprint density at radius 1 is 1.15 bits per heavy atom. The maximum absolute atomic E-state index is 13.4. The first-order valence-electron chi connectivity index (χ1n) is 5.47. The monoisotopic (exact) mass is 300 g/mol. The summed E-state index contributed by atoms with van der Waals surface area (Å²) >= 11 is 5.69. The maximum Gasteiger partial charge on any atom is 0.255 e. The fraction of sp³-hybridized carbons (Fsp3) is 0.0769. The quantitative estimate of drug-likeness (QED) is 0.859. The van der Waals surface area contributed by atoms with Gasteiger partial charge in [-0.1, -0.05) is 11.6 Å². The van der Waals surface area contributed by atoms with E-state index in [0.29, 0.717) is 17.8 Å². The predicted molar refractivity (Wildman–Crippen MR) is 68.3 cm³/mol. The minimum absolute atomic E-state index is 0.0789. The van der Waals surface area contributed by atoms with Crippen molar-refractivity contribution in [3.8, 4) is 0 Å². The van der Waals surface area contributed by atoms with Crippen LogP contribution in [-0.2, 0) is 0 Å². The van der Waals surface area contributed by atoms with Crippen LogP contribution in [0.3, 0.4) is 0 Å². The van der Waals surface area contributed by atoms with Crippen LogP contribution < -0.4 is 5.32 Å². The minimum Gasteiger partial charge on any atom is -0.317 e. The van der Waals surface area contributed by atoms with Crippen molar-refractivity contribution in [3.63, 3.8) is 0 Å². The lowest BCUT2D eigenvalue weighted by atomic mass is 10.2. The summed E-state index contributed by atoms with van der Waals surface area (Å²) in [5.41, 5.74) is -0.157. The summed E-state index contributed by atoms with van der Waals surface area (Å²) in [6.07, 6.45) is 0. The molecule has 0 radical (unpaired) electrons. The molecule has 1 aromatic heterocycles. The van der Waals surface area contributed by atoms with E-state index >= 15 is 0 Å². The van der Waals surface area contributed by atoms with Crippen LogP contribution in [0.15, 0.2) is 24.3 Å². The molecule has 0 fully saturated rings. The highest BCUT2D eigenvalue weighted by atomic mass is 35.5. The Labute approximate surface area is 117 Å². The van der Waals surface area contributed by atoms with Gasteiger partial charge in [-0.25, -0.2) is 18.2 Å². The molecule has 0 spiro atoms. The molecule has 0 bridgehead atoms. The van der Waals surface area contributed by atoms with E-state index in [4.69, 9.17) is 11.6 Å². The molecule has 104 valence electrons. The summed E-state index contributed by atoms with van der Waals surface area (Å²) < 4.78 is 39.6. The van der Waals surface area contributed by atoms with Gasteiger partial charge in [0.05, 0.1) is 0 Å². The molecule has 0 aliphatic rings. The molecule has 0 aliphatic carbocycles. The van der Waals surface area contributed by atoms with Crippen LogP contribution in [0.1, 0.15) is 16.1 Å². The number of nitrogens with one attached hydrogen (secondary N) is 1. The van der Waals surface area contributed by atoms with Crippen molar-refractivity contribution < 1.29 is 18.0 Å². The fourth-order valence-electron chi connectivity index (χ4n) is 1.61. The Kier molecular flexibility index (Phi) is 3.94. The molecule has 1 aromatic carbocycles. The van der Waals surface area contributed by atoms with E-state index in [0.717, 1.165) is 0 Å². The number of hydrogen-bond donors (Lipinski definition) is 1. The second kappa shape index (κ2) is 5.50. The summed E-state index contributed by atoms with van der Waals surface area (Å²) in [6.45, 7) is 1.61. The molecule has 0 aliphatic heterocycles. The molecule has 2 aromatic rings. The van der Waals surface area contributed by atoms with Crippen LogP contribution in [0.4, 0.5) is 18.9 Å². The molecule has 0 atom stereocenters. The zero-order chi connectivity index (χ0) is 14.9. The highest BCUT2D eigenvalue weighted by Gasteiger charge is 2.16. The van der Waals surface area contributed by atoms with Crippen LogP contribution in [0.2, 0.25) is 5.15 Å². The number of halogens is 4. The number of amides is 1. The van der Waals surface area contributed by atoms with Crippen molar-refractivity contribution in [3.05, 3.63) is 58.1 Å². The van der Waals surface area contributed by atoms with E-state index < -0.39 is 29.0 Å². The van der Waals surface area contributed by atoms with Gasteiger partial charge >= 0.3 is 0 Å². The van der Waals surface area contributed by atoms with E-state index in [1.54, 1.807) is 6.92 Å². The molecule has 1 heterocycles. The number of anilines is 1. The lowest BCUT2D eigenvalue weighted by molar-refractivity contribution is 0.102. The Hall–Kier alpha value is -2.08. The summed E-state index contributed by atoms with van der Waals surface area (Å²) in [7, 11) is 0. The van der Waals surface area contributed by atoms with Crippen LogP contribution in [-0.4, -0.2) is 10.9 Å². The molecule has 3 nitrogen and oxygen atoms in total. The van der Waals surface area contributed by atoms with Gasteiger partial charge in [0.2, 0.25) is 0 Å². The number of hydrogen-bond acceptors (Lipinski definition) is 2. The van der Waals surface area contributed by atoms with Gasteiger partial charge in [-0.2, -0.15) is 0 Å². The van der Waals surface area contributed by atoms with Gasteiger partial charge in [-0.15, -0.1) is 0 Å². The number of carbonyl (C=O) groups excluding carboxylic acids is 1. The third kappa shape index (κ3) is 3.08. The zero-order valence-electron chi connectivity index (χ0n) is 10.2. The number of aryl methyl sites for hydroxylation is 1. The minimum atomic E-state index is -1.20. The molecule has 0 unspecified atom stereocenters. The molecule has 2 rings (SSSR count). The molecule has 1 N–H and O–H groups in total. The van der Waals surface area contributed by atoms with E-state index in [1.165, 1.54) is 12.1 Å². The molecule has 0 saturated carbocycles. The van der Waals surface area contributed by atoms with Crippen molar-refractivity contribution in [2.24, 2.45) is 0 Å². The van der Waals surface area contributed by atoms with Crippen LogP contribution in [0.25, 0.3) is 0 Å². The van der Waals surface area contributed by atoms with Gasteiger partial charge in [-0.05, 0) is 19.1 Å². The highest BCUT2D eigenvalue weighted by Crippen LogP contribution is 2.21. The fourth-order valence-corrected chi connectivity index (χ4v) is 1.86. The summed E-state index contributed by atoms with van der Waals surface area (Å²) in [5, 5.41) is 2.11. The number of pyridine rings is 1. The number of benzene rings is 1. The van der Waals surface area contributed by atoms with Gasteiger partial charge in [-0.3, -0.25) is 4.79 Å². The number of carbonyl (C=O) groups is 1. The van der Waals surface area contributed by atoms with Crippen LogP contribution >= 0.6 is 11.6 Å². The number of aromatic nitrogens is 1. The Balaban J connectivity index is 2.32. The maximum atomic E-state index is 13.4. The van der Waals surface area contributed by atoms with Crippen molar-refractivity contribution in [1.29, 1.82) is 0 Å². The van der Waals surface area contributed by atoms with Crippen molar-refractivity contribution in [1.82, 2.24) is 4.98 Å². The second-order valence-corrected chi connectivity index (χ2v) is 4.41. The van der Waals surface area contributed by atoms with E-state index in [-0.39, 0.29) is 10.7 Å². The largest absolute Gasteiger partial charge is 0.317 e. The van der Waals surface area contributed by atoms with Gasteiger partial charge < -0.3 is 5.32 Å². The van der Waals surface area contributed by atoms with E-state index in [1.807, 2.05) is 5.32 Å². The Bertz CT molecular complexity index is 648. The van der Waals surface area contributed by atoms with Gasteiger partial charge in [0.15, 0.2) is 11.6 Å². The molecular weight excluding hydrogens is 293 g/mol. The average molecular weight is 301 g/mol. The van der Waals surface area contributed by atoms with Crippen molar-refractivity contribution >= 4 is 23.2 Å². The van der Waals surface area contributed by atoms with Crippen LogP contribution in [0.5, 0.6) is 0 Å². The molecule has 20 heavy (non-hydrogen) atoms.